The maximum Gasteiger partial charge on any atom is 0.492 e. The van der Waals surface area contributed by atoms with Crippen LogP contribution in [0.15, 0.2) is 63.1 Å². The molecule has 8 unspecified atom stereocenters. The molecule has 5 aliphatic rings. The van der Waals surface area contributed by atoms with Crippen LogP contribution in [0.1, 0.15) is 24.9 Å². The Morgan fingerprint density at radius 2 is 0.717 bits per heavy atom. The molecule has 99 heavy (non-hydrogen) atoms. The second kappa shape index (κ2) is 32.0. The lowest BCUT2D eigenvalue weighted by Gasteiger charge is -2.27. The van der Waals surface area contributed by atoms with Crippen LogP contribution in [0.4, 0.5) is 0 Å². The fourth-order valence-electron chi connectivity index (χ4n) is 8.33. The standard InChI is InChI=1S/C9H11Cl2N2O8P.C9H15N2O16P3.C9H13N2O15P3.C9H12N2O7/c10-22(11,19)20-2-4-5(15)6(16)8(21-4)13-1-3(14)7(17)12-9(13)18;12-3-1-11(9(16)10-7(3)15)8-6(14)5(13)4(25-8)2-24-29(20,21)27-30(22,23)26-28(17,18)19;12-3-1-11(9(16)10-7(3)15)8-6(14)5(13)4(23-8)2-22-29(21)25-27(17,18)24-28(19,20)26-29;12-2-4-5(14)6(15)8(18-4)11-1-3(13)7(16)10-9(11)17/h1,4-6,8,14-16H,2H2,(H,12,17,18);1,4-6,8,12-14H,2H2,(H,20,21)(H,22,23)(H,10,15,16)(H2,17,18,19);1,4-6,8,12-14H,2H2,(H,17,18)(H,19,20)(H,10,15,16);1,4-6,8,12-15H,2H2,(H,10,16,17)/t4*4-,5?,6+,8-/m1111/s1. The van der Waals surface area contributed by atoms with Gasteiger partial charge in [-0.05, 0) is 22.5 Å². The zero-order chi connectivity index (χ0) is 74.9. The molecule has 560 valence electrons. The number of aliphatic hydroxyl groups excluding tert-OH is 9. The van der Waals surface area contributed by atoms with Crippen LogP contribution in [0.2, 0.25) is 0 Å². The molecule has 20 atom stereocenters. The number of nitrogens with one attached hydrogen (secondary N) is 4. The number of phosphoric acid groups is 6. The predicted molar refractivity (Wildman–Crippen MR) is 304 cm³/mol. The molecule has 4 aromatic rings. The highest BCUT2D eigenvalue weighted by molar-refractivity contribution is 8.05. The van der Waals surface area contributed by atoms with Crippen molar-refractivity contribution in [2.75, 3.05) is 26.4 Å². The lowest BCUT2D eigenvalue weighted by Crippen LogP contribution is -2.37. The van der Waals surface area contributed by atoms with Crippen LogP contribution in [0, 0.1) is 0 Å². The van der Waals surface area contributed by atoms with E-state index in [0.717, 1.165) is 17.0 Å². The van der Waals surface area contributed by atoms with Crippen molar-refractivity contribution in [2.24, 2.45) is 0 Å². The summed E-state index contributed by atoms with van der Waals surface area (Å²) in [5.41, 5.74) is -8.39. The zero-order valence-electron chi connectivity index (χ0n) is 47.6. The second-order valence-corrected chi connectivity index (χ2v) is 33.3. The highest BCUT2D eigenvalue weighted by Gasteiger charge is 2.56. The average Bonchev–Trinajstić information content (AvgIpc) is 1.78. The normalized spacial score (nSPS) is 33.4. The lowest BCUT2D eigenvalue weighted by atomic mass is 10.1. The fourth-order valence-corrected chi connectivity index (χ4v) is 16.9. The van der Waals surface area contributed by atoms with E-state index in [1.807, 2.05) is 4.98 Å². The van der Waals surface area contributed by atoms with Crippen molar-refractivity contribution in [3.63, 3.8) is 0 Å². The first-order valence-corrected chi connectivity index (χ1v) is 38.0. The van der Waals surface area contributed by atoms with Crippen LogP contribution in [0.25, 0.3) is 0 Å². The molecule has 54 nitrogen and oxygen atoms in total. The quantitative estimate of drug-likeness (QED) is 0.0411. The molecule has 0 radical (unpaired) electrons. The third-order valence-electron chi connectivity index (χ3n) is 12.6. The maximum atomic E-state index is 12.2. The Bertz CT molecular complexity index is 4440. The van der Waals surface area contributed by atoms with Crippen LogP contribution in [-0.2, 0) is 86.0 Å². The van der Waals surface area contributed by atoms with Crippen LogP contribution in [-0.4, -0.2) is 234 Å². The van der Waals surface area contributed by atoms with Gasteiger partial charge >= 0.3 is 75.8 Å². The largest absolute Gasteiger partial charge is 0.502 e. The highest BCUT2D eigenvalue weighted by Crippen LogP contribution is 2.80. The molecule has 0 amide bonds. The molecule has 4 aromatic heterocycles. The van der Waals surface area contributed by atoms with Crippen molar-refractivity contribution in [1.82, 2.24) is 38.2 Å². The van der Waals surface area contributed by atoms with E-state index >= 15 is 0 Å². The zero-order valence-corrected chi connectivity index (χ0v) is 55.3. The lowest BCUT2D eigenvalue weighted by molar-refractivity contribution is -0.0552. The Morgan fingerprint density at radius 3 is 1.00 bits per heavy atom. The number of rotatable bonds is 18. The molecule has 0 aliphatic carbocycles. The number of aliphatic hydroxyl groups is 9. The summed E-state index contributed by atoms with van der Waals surface area (Å²) >= 11 is 10.4. The monoisotopic (exact) mass is 1620 g/mol. The number of aromatic amines is 4. The minimum absolute atomic E-state index is 0.495. The number of aromatic hydroxyl groups is 4. The molecule has 63 heteroatoms. The Kier molecular flexibility index (Phi) is 26.8. The Hall–Kier alpha value is -4.97. The molecule has 5 saturated heterocycles. The van der Waals surface area contributed by atoms with Gasteiger partial charge in [-0.2, -0.15) is 21.6 Å². The van der Waals surface area contributed by atoms with Crippen LogP contribution in [0.5, 0.6) is 23.0 Å². The molecular weight excluding hydrogens is 1570 g/mol. The molecule has 0 bridgehead atoms. The smallest absolute Gasteiger partial charge is 0.492 e. The molecule has 23 N–H and O–H groups in total. The van der Waals surface area contributed by atoms with E-state index in [9.17, 15) is 136 Å². The van der Waals surface area contributed by atoms with Gasteiger partial charge in [0.25, 0.3) is 22.2 Å². The first-order chi connectivity index (χ1) is 45.3. The van der Waals surface area contributed by atoms with Gasteiger partial charge in [-0.1, -0.05) is 0 Å². The maximum absolute atomic E-state index is 12.2. The van der Waals surface area contributed by atoms with Gasteiger partial charge in [-0.25, -0.2) is 46.6 Å². The summed E-state index contributed by atoms with van der Waals surface area (Å²) in [6.45, 7) is -3.15. The van der Waals surface area contributed by atoms with E-state index < -0.39 is 246 Å². The van der Waals surface area contributed by atoms with Crippen LogP contribution < -0.4 is 45.0 Å². The first kappa shape index (κ1) is 83.0. The van der Waals surface area contributed by atoms with Crippen molar-refractivity contribution < 1.29 is 182 Å². The summed E-state index contributed by atoms with van der Waals surface area (Å²) in [7, 11) is -32.6. The summed E-state index contributed by atoms with van der Waals surface area (Å²) in [6, 6.07) is 0. The number of hydrogen-bond acceptors (Lipinski definition) is 40. The number of hydrogen-bond donors (Lipinski definition) is 23. The number of H-pyrrole nitrogens is 4. The molecule has 9 rings (SSSR count). The molecule has 0 aromatic carbocycles. The summed E-state index contributed by atoms with van der Waals surface area (Å²) < 4.78 is 134. The Labute approximate surface area is 549 Å². The fraction of sp³-hybridized carbons (Fsp3) is 0.556. The van der Waals surface area contributed by atoms with Gasteiger partial charge in [-0.3, -0.25) is 71.0 Å². The van der Waals surface area contributed by atoms with Crippen molar-refractivity contribution in [1.29, 1.82) is 0 Å². The van der Waals surface area contributed by atoms with Gasteiger partial charge < -0.3 is 119 Å². The Morgan fingerprint density at radius 1 is 0.434 bits per heavy atom. The van der Waals surface area contributed by atoms with Gasteiger partial charge in [-0.15, -0.1) is 0 Å². The average molecular weight is 1620 g/mol. The van der Waals surface area contributed by atoms with Crippen molar-refractivity contribution in [3.8, 4) is 23.0 Å². The highest BCUT2D eigenvalue weighted by atomic mass is 35.9. The van der Waals surface area contributed by atoms with E-state index in [1.165, 1.54) is 0 Å². The summed E-state index contributed by atoms with van der Waals surface area (Å²) in [5.74, 6) is -3.35. The Balaban J connectivity index is 0.000000212. The van der Waals surface area contributed by atoms with Gasteiger partial charge in [0, 0.05) is 0 Å². The van der Waals surface area contributed by atoms with Crippen molar-refractivity contribution in [3.05, 3.63) is 108 Å². The summed E-state index contributed by atoms with van der Waals surface area (Å²) in [5, 5.41) is 125. The topological polar surface area (TPSA) is 834 Å². The minimum atomic E-state index is -5.76. The molecule has 5 fully saturated rings. The molecule has 0 spiro atoms. The number of phosphoric ester groups is 1. The molecule has 5 aliphatic heterocycles. The second-order valence-electron chi connectivity index (χ2n) is 19.6. The number of ether oxygens (including phenoxy) is 4. The van der Waals surface area contributed by atoms with Gasteiger partial charge in [0.1, 0.15) is 73.2 Å². The molecule has 9 heterocycles. The molecular formula is C36H51Cl2N8O46P7. The van der Waals surface area contributed by atoms with E-state index in [-0.39, 0.29) is 0 Å². The third-order valence-corrected chi connectivity index (χ3v) is 22.8. The predicted octanol–water partition coefficient (Wildman–Crippen LogP) is -8.23. The van der Waals surface area contributed by atoms with Gasteiger partial charge in [0.05, 0.1) is 51.2 Å². The summed E-state index contributed by atoms with van der Waals surface area (Å²) in [4.78, 5) is 152. The van der Waals surface area contributed by atoms with Gasteiger partial charge in [0.2, 0.25) is 0 Å². The van der Waals surface area contributed by atoms with E-state index in [1.54, 1.807) is 15.0 Å². The summed E-state index contributed by atoms with van der Waals surface area (Å²) in [6.07, 6.45) is -26.0. The minimum Gasteiger partial charge on any atom is -0.502 e. The number of halogens is 2. The van der Waals surface area contributed by atoms with Crippen molar-refractivity contribution in [2.45, 2.75) is 98.2 Å². The van der Waals surface area contributed by atoms with E-state index in [2.05, 4.69) is 35.1 Å². The van der Waals surface area contributed by atoms with E-state index in [4.69, 9.17) is 71.0 Å². The third kappa shape index (κ3) is 21.6. The van der Waals surface area contributed by atoms with E-state index in [0.29, 0.717) is 26.1 Å². The first-order valence-electron chi connectivity index (χ1n) is 25.6. The van der Waals surface area contributed by atoms with Crippen LogP contribution in [0.3, 0.4) is 0 Å². The SMILES string of the molecule is O=c1[nH]c(=O)n([C@@H]2O[C@H](CO)C(O)[C@@H]2O)cc1O.O=c1[nH]c(=O)n([C@@H]2O[C@H](COP(=O)(Cl)Cl)C(O)[C@@H]2O)cc1O.O=c1[nH]c(=O)n([C@@H]2O[C@H](COP(=O)(O)OP(=O)(O)OP(=O)(O)O)C(O)[C@@H]2O)cc1O.O=c1[nH]c(=O)n([C@@H]2O[C@H](COP3(=O)OP(=O)(O)OP(=O)(O)O3)C(O)[C@@H]2O)cc1O. The van der Waals surface area contributed by atoms with Gasteiger partial charge in [0.15, 0.2) is 47.9 Å². The van der Waals surface area contributed by atoms with Crippen molar-refractivity contribution >= 4 is 75.5 Å². The number of aromatic nitrogens is 8. The number of nitrogens with zero attached hydrogens (tertiary/aromatic N) is 4. The molecule has 0 saturated carbocycles. The van der Waals surface area contributed by atoms with Crippen LogP contribution >= 0.6 is 75.5 Å².